The summed E-state index contributed by atoms with van der Waals surface area (Å²) < 4.78 is 0. The minimum Gasteiger partial charge on any atom is -0.0680 e. The summed E-state index contributed by atoms with van der Waals surface area (Å²) in [6.45, 7) is 4.41. The minimum absolute atomic E-state index is 1.06. The highest BCUT2D eigenvalue weighted by Gasteiger charge is 2.19. The van der Waals surface area contributed by atoms with E-state index in [2.05, 4.69) is 62.4 Å². The van der Waals surface area contributed by atoms with E-state index in [1.54, 1.807) is 0 Å². The third-order valence-electron chi connectivity index (χ3n) is 3.45. The van der Waals surface area contributed by atoms with Gasteiger partial charge in [-0.2, -0.15) is 0 Å². The Kier molecular flexibility index (Phi) is 2.36. The van der Waals surface area contributed by atoms with Gasteiger partial charge in [0.05, 0.1) is 0 Å². The molecule has 0 radical (unpaired) electrons. The van der Waals surface area contributed by atoms with Gasteiger partial charge in [-0.15, -0.1) is 0 Å². The van der Waals surface area contributed by atoms with Crippen LogP contribution in [0.25, 0.3) is 5.57 Å². The topological polar surface area (TPSA) is 0 Å². The standard InChI is InChI=1S/C17H16/c1-12(2)17-15-9-5-3-7-13(15)11-14-8-4-6-10-16(14)17/h3-10H,11H2,1-2H3. The van der Waals surface area contributed by atoms with Crippen LogP contribution in [0.3, 0.4) is 0 Å². The molecule has 2 aromatic carbocycles. The second-order valence-electron chi connectivity index (χ2n) is 4.87. The van der Waals surface area contributed by atoms with Gasteiger partial charge in [0.25, 0.3) is 0 Å². The van der Waals surface area contributed by atoms with Crippen LogP contribution in [0.4, 0.5) is 0 Å². The first-order valence-corrected chi connectivity index (χ1v) is 6.11. The second kappa shape index (κ2) is 3.89. The van der Waals surface area contributed by atoms with Gasteiger partial charge in [-0.1, -0.05) is 54.1 Å². The van der Waals surface area contributed by atoms with Crippen LogP contribution >= 0.6 is 0 Å². The molecule has 1 aliphatic carbocycles. The van der Waals surface area contributed by atoms with Crippen LogP contribution in [0.5, 0.6) is 0 Å². The summed E-state index contributed by atoms with van der Waals surface area (Å²) in [5.41, 5.74) is 8.52. The van der Waals surface area contributed by atoms with E-state index in [9.17, 15) is 0 Å². The van der Waals surface area contributed by atoms with Crippen molar-refractivity contribution >= 4 is 5.57 Å². The lowest BCUT2D eigenvalue weighted by molar-refractivity contribution is 1.13. The van der Waals surface area contributed by atoms with Crippen molar-refractivity contribution in [3.63, 3.8) is 0 Å². The zero-order chi connectivity index (χ0) is 11.8. The Morgan fingerprint density at radius 2 is 1.24 bits per heavy atom. The zero-order valence-corrected chi connectivity index (χ0v) is 10.3. The maximum Gasteiger partial charge on any atom is -0.00135 e. The van der Waals surface area contributed by atoms with Crippen molar-refractivity contribution < 1.29 is 0 Å². The highest BCUT2D eigenvalue weighted by atomic mass is 14.2. The molecular weight excluding hydrogens is 204 g/mol. The molecule has 3 rings (SSSR count). The van der Waals surface area contributed by atoms with E-state index in [4.69, 9.17) is 0 Å². The van der Waals surface area contributed by atoms with Gasteiger partial charge >= 0.3 is 0 Å². The molecule has 1 aliphatic rings. The van der Waals surface area contributed by atoms with Crippen molar-refractivity contribution in [3.05, 3.63) is 76.4 Å². The summed E-state index contributed by atoms with van der Waals surface area (Å²) in [7, 11) is 0. The lowest BCUT2D eigenvalue weighted by atomic mass is 9.80. The van der Waals surface area contributed by atoms with Crippen LogP contribution < -0.4 is 0 Å². The maximum absolute atomic E-state index is 2.24. The van der Waals surface area contributed by atoms with Gasteiger partial charge in [-0.25, -0.2) is 0 Å². The minimum atomic E-state index is 1.06. The molecule has 0 heteroatoms. The molecule has 0 heterocycles. The molecule has 2 aromatic rings. The van der Waals surface area contributed by atoms with Gasteiger partial charge in [0.2, 0.25) is 0 Å². The number of hydrogen-bond acceptors (Lipinski definition) is 0. The Balaban J connectivity index is 2.33. The van der Waals surface area contributed by atoms with Crippen LogP contribution in [0.2, 0.25) is 0 Å². The summed E-state index contributed by atoms with van der Waals surface area (Å²) in [5, 5.41) is 0. The second-order valence-corrected chi connectivity index (χ2v) is 4.87. The van der Waals surface area contributed by atoms with Crippen molar-refractivity contribution in [2.75, 3.05) is 0 Å². The fourth-order valence-electron chi connectivity index (χ4n) is 2.73. The van der Waals surface area contributed by atoms with Crippen LogP contribution in [0.1, 0.15) is 36.1 Å². The predicted octanol–water partition coefficient (Wildman–Crippen LogP) is 4.43. The van der Waals surface area contributed by atoms with Crippen LogP contribution in [-0.2, 0) is 6.42 Å². The maximum atomic E-state index is 2.24. The third kappa shape index (κ3) is 1.61. The Hall–Kier alpha value is -1.82. The molecule has 0 unspecified atom stereocenters. The first-order valence-electron chi connectivity index (χ1n) is 6.11. The fraction of sp³-hybridized carbons (Fsp3) is 0.176. The van der Waals surface area contributed by atoms with E-state index < -0.39 is 0 Å². The van der Waals surface area contributed by atoms with Gasteiger partial charge in [0.15, 0.2) is 0 Å². The average molecular weight is 220 g/mol. The van der Waals surface area contributed by atoms with Crippen molar-refractivity contribution in [1.82, 2.24) is 0 Å². The molecule has 0 saturated carbocycles. The first-order chi connectivity index (χ1) is 8.27. The highest BCUT2D eigenvalue weighted by molar-refractivity contribution is 5.87. The van der Waals surface area contributed by atoms with E-state index in [0.29, 0.717) is 0 Å². The monoisotopic (exact) mass is 220 g/mol. The third-order valence-corrected chi connectivity index (χ3v) is 3.45. The predicted molar refractivity (Wildman–Crippen MR) is 73.1 cm³/mol. The molecule has 0 aromatic heterocycles. The molecule has 0 bridgehead atoms. The van der Waals surface area contributed by atoms with Gasteiger partial charge < -0.3 is 0 Å². The van der Waals surface area contributed by atoms with Crippen molar-refractivity contribution in [3.8, 4) is 0 Å². The molecule has 0 nitrogen and oxygen atoms in total. The molecule has 0 amide bonds. The average Bonchev–Trinajstić information content (AvgIpc) is 2.35. The van der Waals surface area contributed by atoms with E-state index in [-0.39, 0.29) is 0 Å². The smallest absolute Gasteiger partial charge is 0.00135 e. The molecule has 17 heavy (non-hydrogen) atoms. The van der Waals surface area contributed by atoms with Crippen LogP contribution in [-0.4, -0.2) is 0 Å². The lowest BCUT2D eigenvalue weighted by Crippen LogP contribution is -2.07. The Bertz CT molecular complexity index is 551. The molecule has 0 atom stereocenters. The first kappa shape index (κ1) is 10.3. The fourth-order valence-corrected chi connectivity index (χ4v) is 2.73. The Morgan fingerprint density at radius 1 is 0.765 bits per heavy atom. The number of allylic oxidation sites excluding steroid dienone is 1. The number of hydrogen-bond donors (Lipinski definition) is 0. The summed E-state index contributed by atoms with van der Waals surface area (Å²) >= 11 is 0. The van der Waals surface area contributed by atoms with Crippen LogP contribution in [0, 0.1) is 0 Å². The van der Waals surface area contributed by atoms with Crippen LogP contribution in [0.15, 0.2) is 54.1 Å². The lowest BCUT2D eigenvalue weighted by Gasteiger charge is -2.23. The van der Waals surface area contributed by atoms with Crippen molar-refractivity contribution in [1.29, 1.82) is 0 Å². The van der Waals surface area contributed by atoms with E-state index in [1.165, 1.54) is 33.4 Å². The number of fused-ring (bicyclic) bond motifs is 2. The van der Waals surface area contributed by atoms with Gasteiger partial charge in [-0.05, 0) is 48.1 Å². The Morgan fingerprint density at radius 3 is 1.71 bits per heavy atom. The number of rotatable bonds is 0. The highest BCUT2D eigenvalue weighted by Crippen LogP contribution is 2.37. The van der Waals surface area contributed by atoms with E-state index in [1.807, 2.05) is 0 Å². The Labute approximate surface area is 103 Å². The molecule has 0 fully saturated rings. The van der Waals surface area contributed by atoms with Gasteiger partial charge in [-0.3, -0.25) is 0 Å². The van der Waals surface area contributed by atoms with E-state index >= 15 is 0 Å². The summed E-state index contributed by atoms with van der Waals surface area (Å²) in [5.74, 6) is 0. The molecule has 0 N–H and O–H groups in total. The summed E-state index contributed by atoms with van der Waals surface area (Å²) in [4.78, 5) is 0. The SMILES string of the molecule is CC(C)=C1c2ccccc2Cc2ccccc21. The van der Waals surface area contributed by atoms with Crippen molar-refractivity contribution in [2.45, 2.75) is 20.3 Å². The van der Waals surface area contributed by atoms with Gasteiger partial charge in [0.1, 0.15) is 0 Å². The van der Waals surface area contributed by atoms with Crippen molar-refractivity contribution in [2.24, 2.45) is 0 Å². The quantitative estimate of drug-likeness (QED) is 0.525. The number of benzene rings is 2. The molecule has 0 aliphatic heterocycles. The summed E-state index contributed by atoms with van der Waals surface area (Å²) in [6, 6.07) is 17.5. The van der Waals surface area contributed by atoms with E-state index in [0.717, 1.165) is 6.42 Å². The molecule has 84 valence electrons. The normalized spacial score (nSPS) is 12.9. The molecule has 0 saturated heterocycles. The molecular formula is C17H16. The summed E-state index contributed by atoms with van der Waals surface area (Å²) in [6.07, 6.45) is 1.06. The zero-order valence-electron chi connectivity index (χ0n) is 10.3. The largest absolute Gasteiger partial charge is 0.0680 e. The van der Waals surface area contributed by atoms with Gasteiger partial charge in [0, 0.05) is 0 Å². The molecule has 0 spiro atoms.